The highest BCUT2D eigenvalue weighted by Gasteiger charge is 2.29. The van der Waals surface area contributed by atoms with Gasteiger partial charge in [0.25, 0.3) is 0 Å². The van der Waals surface area contributed by atoms with Gasteiger partial charge in [-0.15, -0.1) is 11.3 Å². The molecule has 0 aliphatic carbocycles. The predicted octanol–water partition coefficient (Wildman–Crippen LogP) is 1.02. The van der Waals surface area contributed by atoms with Crippen molar-refractivity contribution in [3.05, 3.63) is 28.2 Å². The van der Waals surface area contributed by atoms with Gasteiger partial charge >= 0.3 is 11.9 Å². The number of esters is 1. The number of anilines is 1. The summed E-state index contributed by atoms with van der Waals surface area (Å²) in [6.07, 6.45) is 2.05. The van der Waals surface area contributed by atoms with Crippen molar-refractivity contribution in [3.8, 4) is 0 Å². The molecule has 24 heavy (non-hydrogen) atoms. The summed E-state index contributed by atoms with van der Waals surface area (Å²) < 4.78 is 4.78. The molecule has 1 aliphatic rings. The number of carbonyl (C=O) groups excluding carboxylic acids is 3. The molecule has 0 radical (unpaired) electrons. The molecular formula is C15H16N2O6S. The average Bonchev–Trinajstić information content (AvgIpc) is 2.88. The Morgan fingerprint density at radius 1 is 1.29 bits per heavy atom. The molecule has 8 nitrogen and oxygen atoms in total. The zero-order valence-electron chi connectivity index (χ0n) is 13.1. The van der Waals surface area contributed by atoms with E-state index in [4.69, 9.17) is 9.84 Å². The molecule has 0 saturated carbocycles. The molecule has 1 aromatic heterocycles. The molecular weight excluding hydrogens is 336 g/mol. The highest BCUT2D eigenvalue weighted by Crippen LogP contribution is 2.37. The van der Waals surface area contributed by atoms with Gasteiger partial charge in [0.15, 0.2) is 0 Å². The van der Waals surface area contributed by atoms with Crippen molar-refractivity contribution < 1.29 is 29.0 Å². The Hall–Kier alpha value is -2.68. The van der Waals surface area contributed by atoms with Crippen LogP contribution in [0.2, 0.25) is 0 Å². The van der Waals surface area contributed by atoms with E-state index in [1.54, 1.807) is 4.90 Å². The molecule has 0 unspecified atom stereocenters. The number of thiophene rings is 1. The third kappa shape index (κ3) is 3.80. The quantitative estimate of drug-likeness (QED) is 0.618. The van der Waals surface area contributed by atoms with Crippen LogP contribution in [0.25, 0.3) is 0 Å². The summed E-state index contributed by atoms with van der Waals surface area (Å²) in [4.78, 5) is 48.3. The zero-order chi connectivity index (χ0) is 17.9. The number of methoxy groups -OCH3 is 1. The second-order valence-corrected chi connectivity index (χ2v) is 6.16. The maximum atomic E-state index is 12.1. The van der Waals surface area contributed by atoms with Crippen molar-refractivity contribution in [1.29, 1.82) is 0 Å². The third-order valence-electron chi connectivity index (χ3n) is 3.51. The second kappa shape index (κ2) is 7.26. The predicted molar refractivity (Wildman–Crippen MR) is 85.9 cm³/mol. The molecule has 1 aromatic rings. The Labute approximate surface area is 141 Å². The first-order valence-electron chi connectivity index (χ1n) is 7.03. The van der Waals surface area contributed by atoms with Crippen LogP contribution < -0.4 is 5.32 Å². The van der Waals surface area contributed by atoms with Gasteiger partial charge in [-0.2, -0.15) is 0 Å². The molecule has 0 bridgehead atoms. The van der Waals surface area contributed by atoms with Crippen molar-refractivity contribution in [3.63, 3.8) is 0 Å². The van der Waals surface area contributed by atoms with Gasteiger partial charge in [0, 0.05) is 30.5 Å². The Morgan fingerprint density at radius 2 is 2.00 bits per heavy atom. The summed E-state index contributed by atoms with van der Waals surface area (Å²) in [7, 11) is 1.24. The largest absolute Gasteiger partial charge is 0.478 e. The minimum atomic E-state index is -1.25. The van der Waals surface area contributed by atoms with Crippen LogP contribution >= 0.6 is 11.3 Å². The molecule has 2 rings (SSSR count). The van der Waals surface area contributed by atoms with Gasteiger partial charge in [0.1, 0.15) is 5.00 Å². The minimum absolute atomic E-state index is 0.0661. The lowest BCUT2D eigenvalue weighted by atomic mass is 10.0. The van der Waals surface area contributed by atoms with Gasteiger partial charge in [-0.05, 0) is 12.0 Å². The van der Waals surface area contributed by atoms with Crippen molar-refractivity contribution in [2.45, 2.75) is 19.9 Å². The lowest BCUT2D eigenvalue weighted by molar-refractivity contribution is -0.132. The van der Waals surface area contributed by atoms with E-state index in [1.807, 2.05) is 0 Å². The Balaban J connectivity index is 2.34. The number of carbonyl (C=O) groups is 4. The fourth-order valence-corrected chi connectivity index (χ4v) is 3.63. The highest BCUT2D eigenvalue weighted by molar-refractivity contribution is 7.17. The number of nitrogens with zero attached hydrogens (tertiary/aromatic N) is 1. The number of aliphatic carboxylic acids is 1. The zero-order valence-corrected chi connectivity index (χ0v) is 13.9. The molecule has 2 amide bonds. The van der Waals surface area contributed by atoms with Crippen LogP contribution in [0.5, 0.6) is 0 Å². The number of ether oxygens (including phenoxy) is 1. The van der Waals surface area contributed by atoms with Gasteiger partial charge in [0.2, 0.25) is 11.8 Å². The van der Waals surface area contributed by atoms with E-state index >= 15 is 0 Å². The SMILES string of the molecule is COC(=O)c1c(NC(=O)C=CC(=O)O)sc2c1CCN(C(C)=O)C2. The summed E-state index contributed by atoms with van der Waals surface area (Å²) >= 11 is 1.18. The van der Waals surface area contributed by atoms with Crippen molar-refractivity contribution >= 4 is 40.1 Å². The van der Waals surface area contributed by atoms with Gasteiger partial charge in [-0.1, -0.05) is 0 Å². The van der Waals surface area contributed by atoms with E-state index in [2.05, 4.69) is 5.32 Å². The van der Waals surface area contributed by atoms with Crippen LogP contribution in [-0.2, 0) is 32.1 Å². The molecule has 9 heteroatoms. The van der Waals surface area contributed by atoms with Crippen molar-refractivity contribution in [2.24, 2.45) is 0 Å². The molecule has 1 aliphatic heterocycles. The lowest BCUT2D eigenvalue weighted by Crippen LogP contribution is -2.33. The maximum absolute atomic E-state index is 12.1. The monoisotopic (exact) mass is 352 g/mol. The van der Waals surface area contributed by atoms with E-state index in [1.165, 1.54) is 25.4 Å². The van der Waals surface area contributed by atoms with Gasteiger partial charge in [0.05, 0.1) is 19.2 Å². The van der Waals surface area contributed by atoms with Gasteiger partial charge < -0.3 is 20.1 Å². The van der Waals surface area contributed by atoms with Crippen LogP contribution in [-0.4, -0.2) is 47.4 Å². The fourth-order valence-electron chi connectivity index (χ4n) is 2.38. The number of rotatable bonds is 4. The summed E-state index contributed by atoms with van der Waals surface area (Å²) in [5.74, 6) is -2.56. The average molecular weight is 352 g/mol. The number of nitrogens with one attached hydrogen (secondary N) is 1. The van der Waals surface area contributed by atoms with Crippen LogP contribution in [0.15, 0.2) is 12.2 Å². The topological polar surface area (TPSA) is 113 Å². The van der Waals surface area contributed by atoms with E-state index in [0.717, 1.165) is 16.5 Å². The molecule has 0 spiro atoms. The van der Waals surface area contributed by atoms with Crippen LogP contribution in [0, 0.1) is 0 Å². The smallest absolute Gasteiger partial charge is 0.341 e. The number of hydrogen-bond acceptors (Lipinski definition) is 6. The minimum Gasteiger partial charge on any atom is -0.478 e. The summed E-state index contributed by atoms with van der Waals surface area (Å²) in [6, 6.07) is 0. The molecule has 0 atom stereocenters. The molecule has 2 N–H and O–H groups in total. The Bertz CT molecular complexity index is 737. The maximum Gasteiger partial charge on any atom is 0.341 e. The lowest BCUT2D eigenvalue weighted by Gasteiger charge is -2.25. The molecule has 2 heterocycles. The number of carboxylic acid groups (broad SMARTS) is 1. The Kier molecular flexibility index (Phi) is 5.35. The summed E-state index contributed by atoms with van der Waals surface area (Å²) in [6.45, 7) is 2.31. The number of fused-ring (bicyclic) bond motifs is 1. The van der Waals surface area contributed by atoms with Gasteiger partial charge in [-0.25, -0.2) is 9.59 Å². The first-order chi connectivity index (χ1) is 11.3. The first kappa shape index (κ1) is 17.7. The fraction of sp³-hybridized carbons (Fsp3) is 0.333. The summed E-state index contributed by atoms with van der Waals surface area (Å²) in [5.41, 5.74) is 1.01. The molecule has 128 valence electrons. The molecule has 0 saturated heterocycles. The second-order valence-electron chi connectivity index (χ2n) is 5.05. The molecule has 0 fully saturated rings. The molecule has 0 aromatic carbocycles. The standard InChI is InChI=1S/C15H16N2O6S/c1-8(18)17-6-5-9-10(7-17)24-14(13(9)15(22)23-2)16-11(19)3-4-12(20)21/h3-4H,5-7H2,1-2H3,(H,16,19)(H,20,21). The van der Waals surface area contributed by atoms with Crippen molar-refractivity contribution in [2.75, 3.05) is 19.0 Å². The highest BCUT2D eigenvalue weighted by atomic mass is 32.1. The first-order valence-corrected chi connectivity index (χ1v) is 7.85. The van der Waals surface area contributed by atoms with Gasteiger partial charge in [-0.3, -0.25) is 9.59 Å². The summed E-state index contributed by atoms with van der Waals surface area (Å²) in [5, 5.41) is 11.3. The van der Waals surface area contributed by atoms with E-state index in [-0.39, 0.29) is 16.5 Å². The van der Waals surface area contributed by atoms with E-state index in [9.17, 15) is 19.2 Å². The van der Waals surface area contributed by atoms with Crippen LogP contribution in [0.1, 0.15) is 27.7 Å². The Morgan fingerprint density at radius 3 is 2.58 bits per heavy atom. The van der Waals surface area contributed by atoms with Crippen molar-refractivity contribution in [1.82, 2.24) is 4.90 Å². The van der Waals surface area contributed by atoms with E-state index in [0.29, 0.717) is 25.6 Å². The van der Waals surface area contributed by atoms with Crippen LogP contribution in [0.4, 0.5) is 5.00 Å². The van der Waals surface area contributed by atoms with E-state index < -0.39 is 17.8 Å². The third-order valence-corrected chi connectivity index (χ3v) is 4.64. The van der Waals surface area contributed by atoms with Crippen LogP contribution in [0.3, 0.4) is 0 Å². The number of hydrogen-bond donors (Lipinski definition) is 2. The number of amides is 2. The normalized spacial score (nSPS) is 13.5. The number of carboxylic acids is 1.